The molecule has 0 saturated carbocycles. The summed E-state index contributed by atoms with van der Waals surface area (Å²) in [6.45, 7) is 3.81. The van der Waals surface area contributed by atoms with Gasteiger partial charge in [0.2, 0.25) is 0 Å². The maximum Gasteiger partial charge on any atom is 0.416 e. The predicted molar refractivity (Wildman–Crippen MR) is 127 cm³/mol. The molecular weight excluding hydrogens is 483 g/mol. The maximum atomic E-state index is 13.2. The van der Waals surface area contributed by atoms with E-state index in [1.54, 1.807) is 0 Å². The third-order valence-corrected chi connectivity index (χ3v) is 4.62. The number of nitrogens with zero attached hydrogens (tertiary/aromatic N) is 1. The van der Waals surface area contributed by atoms with Crippen molar-refractivity contribution < 1.29 is 37.4 Å². The number of hydrogen-bond acceptors (Lipinski definition) is 6. The number of ether oxygens (including phenoxy) is 1. The van der Waals surface area contributed by atoms with Crippen LogP contribution < -0.4 is 21.8 Å². The normalized spacial score (nSPS) is 12.3. The molecule has 0 unspecified atom stereocenters. The van der Waals surface area contributed by atoms with Crippen LogP contribution in [0.4, 0.5) is 29.3 Å². The number of carboxylic acids is 1. The van der Waals surface area contributed by atoms with Crippen molar-refractivity contribution in [2.45, 2.75) is 32.5 Å². The van der Waals surface area contributed by atoms with Gasteiger partial charge in [0.15, 0.2) is 0 Å². The quantitative estimate of drug-likeness (QED) is 0.142. The van der Waals surface area contributed by atoms with Crippen molar-refractivity contribution in [3.05, 3.63) is 59.2 Å². The molecule has 0 aromatic heterocycles. The van der Waals surface area contributed by atoms with E-state index < -0.39 is 35.8 Å². The minimum Gasteiger partial charge on any atom is -0.480 e. The van der Waals surface area contributed by atoms with E-state index in [2.05, 4.69) is 21.1 Å². The minimum absolute atomic E-state index is 0.0429. The highest BCUT2D eigenvalue weighted by Gasteiger charge is 2.32. The highest BCUT2D eigenvalue weighted by molar-refractivity contribution is 6.05. The lowest BCUT2D eigenvalue weighted by Crippen LogP contribution is -2.42. The van der Waals surface area contributed by atoms with Gasteiger partial charge >= 0.3 is 18.2 Å². The van der Waals surface area contributed by atoms with Crippen LogP contribution in [0.5, 0.6) is 0 Å². The Kier molecular flexibility index (Phi) is 9.65. The third-order valence-electron chi connectivity index (χ3n) is 4.62. The largest absolute Gasteiger partial charge is 0.480 e. The highest BCUT2D eigenvalue weighted by Crippen LogP contribution is 2.32. The zero-order valence-corrected chi connectivity index (χ0v) is 19.4. The molecule has 10 nitrogen and oxygen atoms in total. The second kappa shape index (κ2) is 12.4. The minimum atomic E-state index is -4.69. The van der Waals surface area contributed by atoms with Gasteiger partial charge in [-0.2, -0.15) is 18.3 Å². The number of benzene rings is 2. The van der Waals surface area contributed by atoms with Crippen molar-refractivity contribution in [2.75, 3.05) is 17.2 Å². The van der Waals surface area contributed by atoms with Gasteiger partial charge in [0.05, 0.1) is 12.2 Å². The van der Waals surface area contributed by atoms with Gasteiger partial charge in [-0.05, 0) is 41.8 Å². The summed E-state index contributed by atoms with van der Waals surface area (Å²) in [5.74, 6) is 2.97. The molecule has 194 valence electrons. The van der Waals surface area contributed by atoms with Crippen LogP contribution in [0.3, 0.4) is 0 Å². The summed E-state index contributed by atoms with van der Waals surface area (Å²) in [5, 5.41) is 19.7. The van der Waals surface area contributed by atoms with Crippen LogP contribution >= 0.6 is 0 Å². The van der Waals surface area contributed by atoms with Crippen LogP contribution in [-0.2, 0) is 22.1 Å². The maximum absolute atomic E-state index is 13.2. The van der Waals surface area contributed by atoms with Gasteiger partial charge < -0.3 is 31.6 Å². The summed E-state index contributed by atoms with van der Waals surface area (Å²) in [6.07, 6.45) is -4.64. The number of halogens is 3. The summed E-state index contributed by atoms with van der Waals surface area (Å²) < 4.78 is 44.6. The van der Waals surface area contributed by atoms with E-state index in [0.717, 1.165) is 12.4 Å². The molecule has 2 aromatic rings. The molecular formula is C23H26F3N5O5. The predicted octanol–water partition coefficient (Wildman–Crippen LogP) is 3.65. The van der Waals surface area contributed by atoms with Crippen molar-refractivity contribution in [3.8, 4) is 0 Å². The molecule has 13 heteroatoms. The second-order valence-electron chi connectivity index (χ2n) is 8.10. The third kappa shape index (κ3) is 8.81. The fourth-order valence-electron chi connectivity index (χ4n) is 2.91. The Balaban J connectivity index is 2.11. The molecule has 0 aliphatic carbocycles. The lowest BCUT2D eigenvalue weighted by atomic mass is 10.1. The number of hydrogen-bond donors (Lipinski definition) is 5. The van der Waals surface area contributed by atoms with E-state index in [1.807, 2.05) is 13.8 Å². The molecule has 2 aromatic carbocycles. The van der Waals surface area contributed by atoms with Gasteiger partial charge in [0.25, 0.3) is 5.91 Å². The smallest absolute Gasteiger partial charge is 0.416 e. The van der Waals surface area contributed by atoms with Gasteiger partial charge in [-0.15, -0.1) is 0 Å². The van der Waals surface area contributed by atoms with Crippen molar-refractivity contribution in [1.29, 1.82) is 0 Å². The average molecular weight is 509 g/mol. The molecule has 2 amide bonds. The highest BCUT2D eigenvalue weighted by atomic mass is 19.4. The Bertz CT molecular complexity index is 1100. The summed E-state index contributed by atoms with van der Waals surface area (Å²) in [6, 6.07) is 7.40. The fraction of sp³-hybridized carbons (Fsp3) is 0.304. The molecule has 0 spiro atoms. The number of anilines is 2. The fourth-order valence-corrected chi connectivity index (χ4v) is 2.91. The van der Waals surface area contributed by atoms with Gasteiger partial charge in [0.1, 0.15) is 12.4 Å². The number of alkyl carbamates (subject to hydrolysis) is 1. The van der Waals surface area contributed by atoms with Crippen LogP contribution in [0.1, 0.15) is 35.3 Å². The molecule has 1 atom stereocenters. The van der Waals surface area contributed by atoms with Crippen molar-refractivity contribution in [2.24, 2.45) is 16.9 Å². The van der Waals surface area contributed by atoms with Gasteiger partial charge in [-0.1, -0.05) is 26.0 Å². The van der Waals surface area contributed by atoms with Crippen LogP contribution in [0.15, 0.2) is 47.6 Å². The zero-order chi connectivity index (χ0) is 26.9. The first-order valence-electron chi connectivity index (χ1n) is 10.7. The zero-order valence-electron chi connectivity index (χ0n) is 19.4. The summed E-state index contributed by atoms with van der Waals surface area (Å²) in [4.78, 5) is 35.9. The second-order valence-corrected chi connectivity index (χ2v) is 8.10. The van der Waals surface area contributed by atoms with E-state index in [0.29, 0.717) is 11.6 Å². The SMILES string of the molecule is CC(C)COC(=O)N[C@@H](Cc1ccc(NC(=O)c2cc(NC=NN)cc(C(F)(F)F)c2)cc1)C(=O)O. The van der Waals surface area contributed by atoms with E-state index in [-0.39, 0.29) is 35.9 Å². The number of nitrogens with one attached hydrogen (secondary N) is 3. The van der Waals surface area contributed by atoms with E-state index in [4.69, 9.17) is 10.6 Å². The van der Waals surface area contributed by atoms with Crippen LogP contribution in [0, 0.1) is 5.92 Å². The first kappa shape index (κ1) is 28.0. The Labute approximate surface area is 204 Å². The summed E-state index contributed by atoms with van der Waals surface area (Å²) >= 11 is 0. The van der Waals surface area contributed by atoms with Crippen molar-refractivity contribution >= 4 is 35.7 Å². The van der Waals surface area contributed by atoms with Crippen molar-refractivity contribution in [3.63, 3.8) is 0 Å². The number of aliphatic carboxylic acids is 1. The number of carbonyl (C=O) groups excluding carboxylic acids is 2. The molecule has 0 aliphatic rings. The first-order chi connectivity index (χ1) is 16.9. The lowest BCUT2D eigenvalue weighted by molar-refractivity contribution is -0.139. The molecule has 0 saturated heterocycles. The van der Waals surface area contributed by atoms with Crippen LogP contribution in [0.25, 0.3) is 0 Å². The Morgan fingerprint density at radius 2 is 1.78 bits per heavy atom. The average Bonchev–Trinajstić information content (AvgIpc) is 2.81. The van der Waals surface area contributed by atoms with Gasteiger partial charge in [-0.25, -0.2) is 9.59 Å². The number of carboxylic acid groups (broad SMARTS) is 1. The molecule has 36 heavy (non-hydrogen) atoms. The molecule has 0 fully saturated rings. The molecule has 2 rings (SSSR count). The van der Waals surface area contributed by atoms with E-state index in [1.165, 1.54) is 30.3 Å². The van der Waals surface area contributed by atoms with Gasteiger partial charge in [0, 0.05) is 23.4 Å². The molecule has 0 heterocycles. The van der Waals surface area contributed by atoms with Crippen molar-refractivity contribution in [1.82, 2.24) is 5.32 Å². The number of hydrazone groups is 1. The van der Waals surface area contributed by atoms with E-state index >= 15 is 0 Å². The Morgan fingerprint density at radius 3 is 2.33 bits per heavy atom. The van der Waals surface area contributed by atoms with Crippen LogP contribution in [0.2, 0.25) is 0 Å². The lowest BCUT2D eigenvalue weighted by Gasteiger charge is -2.16. The molecule has 0 aliphatic heterocycles. The monoisotopic (exact) mass is 509 g/mol. The standard InChI is InChI=1S/C23H26F3N5O5/c1-13(2)11-36-22(35)31-19(21(33)34)7-14-3-5-17(6-4-14)30-20(32)15-8-16(23(24,25)26)10-18(9-15)28-12-29-27/h3-6,8-10,12-13,19H,7,11,27H2,1-2H3,(H,28,29)(H,30,32)(H,31,35)(H,33,34)/t19-/m0/s1. The molecule has 0 bridgehead atoms. The summed E-state index contributed by atoms with van der Waals surface area (Å²) in [7, 11) is 0. The molecule has 0 radical (unpaired) electrons. The number of rotatable bonds is 10. The summed E-state index contributed by atoms with van der Waals surface area (Å²) in [5.41, 5.74) is -0.570. The van der Waals surface area contributed by atoms with E-state index in [9.17, 15) is 32.7 Å². The number of alkyl halides is 3. The Hall–Kier alpha value is -4.29. The number of nitrogens with two attached hydrogens (primary N) is 1. The first-order valence-corrected chi connectivity index (χ1v) is 10.7. The topological polar surface area (TPSA) is 155 Å². The Morgan fingerprint density at radius 1 is 1.11 bits per heavy atom. The van der Waals surface area contributed by atoms with Gasteiger partial charge in [-0.3, -0.25) is 4.79 Å². The molecule has 6 N–H and O–H groups in total. The number of carbonyl (C=O) groups is 3. The number of amides is 2. The van der Waals surface area contributed by atoms with Crippen LogP contribution in [-0.4, -0.2) is 42.1 Å².